The molecule has 1 rings (SSSR count). The Labute approximate surface area is 96.5 Å². The zero-order valence-electron chi connectivity index (χ0n) is 10.4. The summed E-state index contributed by atoms with van der Waals surface area (Å²) in [5, 5.41) is 13.2. The molecule has 1 heterocycles. The molecule has 0 bridgehead atoms. The summed E-state index contributed by atoms with van der Waals surface area (Å²) in [5.74, 6) is 0.881. The summed E-state index contributed by atoms with van der Waals surface area (Å²) in [6.07, 6.45) is 0. The lowest BCUT2D eigenvalue weighted by Gasteiger charge is -2.21. The molecular formula is C11H19N5. The molecule has 1 aromatic rings. The number of nitrogens with two attached hydrogens (primary N) is 1. The maximum absolute atomic E-state index is 8.80. The van der Waals surface area contributed by atoms with E-state index in [1.807, 2.05) is 37.4 Å². The maximum Gasteiger partial charge on any atom is 0.150 e. The van der Waals surface area contributed by atoms with Gasteiger partial charge >= 0.3 is 0 Å². The summed E-state index contributed by atoms with van der Waals surface area (Å²) in [7, 11) is 1.94. The molecule has 0 radical (unpaired) electrons. The molecule has 1 aromatic heterocycles. The summed E-state index contributed by atoms with van der Waals surface area (Å²) in [4.78, 5) is 1.99. The first kappa shape index (κ1) is 12.4. The maximum atomic E-state index is 8.80. The minimum Gasteiger partial charge on any atom is -0.394 e. The van der Waals surface area contributed by atoms with Gasteiger partial charge in [0.05, 0.1) is 23.4 Å². The van der Waals surface area contributed by atoms with E-state index in [4.69, 9.17) is 11.0 Å². The Morgan fingerprint density at radius 2 is 2.25 bits per heavy atom. The highest BCUT2D eigenvalue weighted by atomic mass is 15.4. The summed E-state index contributed by atoms with van der Waals surface area (Å²) < 4.78 is 1.87. The van der Waals surface area contributed by atoms with Gasteiger partial charge in [-0.3, -0.25) is 0 Å². The molecule has 0 amide bonds. The molecule has 1 atom stereocenters. The fraction of sp³-hybridized carbons (Fsp3) is 0.636. The first-order chi connectivity index (χ1) is 7.51. The van der Waals surface area contributed by atoms with E-state index in [0.717, 1.165) is 18.1 Å². The van der Waals surface area contributed by atoms with Gasteiger partial charge in [-0.25, -0.2) is 4.68 Å². The van der Waals surface area contributed by atoms with Crippen molar-refractivity contribution in [1.29, 1.82) is 5.26 Å². The second-order valence-corrected chi connectivity index (χ2v) is 4.05. The van der Waals surface area contributed by atoms with Gasteiger partial charge in [-0.15, -0.1) is 0 Å². The predicted octanol–water partition coefficient (Wildman–Crippen LogP) is 1.39. The van der Waals surface area contributed by atoms with Gasteiger partial charge in [0.1, 0.15) is 5.82 Å². The van der Waals surface area contributed by atoms with Crippen molar-refractivity contribution < 1.29 is 0 Å². The molecule has 5 heteroatoms. The second kappa shape index (κ2) is 4.88. The quantitative estimate of drug-likeness (QED) is 0.834. The SMILES string of the molecule is CCn1nc(C)c(N)c1N(C)CC(C)C#N. The van der Waals surface area contributed by atoms with Gasteiger partial charge in [0.2, 0.25) is 0 Å². The first-order valence-corrected chi connectivity index (χ1v) is 5.44. The third kappa shape index (κ3) is 2.27. The number of nitrogens with zero attached hydrogens (tertiary/aromatic N) is 4. The van der Waals surface area contributed by atoms with Gasteiger partial charge < -0.3 is 10.6 Å². The highest BCUT2D eigenvalue weighted by Gasteiger charge is 2.16. The summed E-state index contributed by atoms with van der Waals surface area (Å²) in [6, 6.07) is 2.22. The number of rotatable bonds is 4. The van der Waals surface area contributed by atoms with E-state index in [0.29, 0.717) is 12.2 Å². The van der Waals surface area contributed by atoms with E-state index in [-0.39, 0.29) is 5.92 Å². The highest BCUT2D eigenvalue weighted by molar-refractivity contribution is 5.65. The van der Waals surface area contributed by atoms with Gasteiger partial charge in [-0.1, -0.05) is 0 Å². The molecule has 0 aliphatic heterocycles. The van der Waals surface area contributed by atoms with Crippen LogP contribution >= 0.6 is 0 Å². The minimum atomic E-state index is -0.0232. The van der Waals surface area contributed by atoms with Crippen LogP contribution in [-0.4, -0.2) is 23.4 Å². The fourth-order valence-electron chi connectivity index (χ4n) is 1.74. The molecule has 0 aliphatic rings. The molecule has 0 saturated carbocycles. The lowest BCUT2D eigenvalue weighted by molar-refractivity contribution is 0.624. The van der Waals surface area contributed by atoms with Crippen LogP contribution in [0.1, 0.15) is 19.5 Å². The van der Waals surface area contributed by atoms with Crippen molar-refractivity contribution in [2.24, 2.45) is 5.92 Å². The normalized spacial score (nSPS) is 12.2. The third-order valence-corrected chi connectivity index (χ3v) is 2.58. The van der Waals surface area contributed by atoms with Gasteiger partial charge in [-0.2, -0.15) is 10.4 Å². The van der Waals surface area contributed by atoms with Crippen molar-refractivity contribution in [2.75, 3.05) is 24.2 Å². The van der Waals surface area contributed by atoms with Crippen molar-refractivity contribution in [2.45, 2.75) is 27.3 Å². The largest absolute Gasteiger partial charge is 0.394 e. The van der Waals surface area contributed by atoms with Crippen molar-refractivity contribution >= 4 is 11.5 Å². The molecule has 1 unspecified atom stereocenters. The number of nitrogen functional groups attached to an aromatic ring is 1. The zero-order valence-corrected chi connectivity index (χ0v) is 10.4. The Balaban J connectivity index is 2.98. The molecule has 0 aliphatic carbocycles. The molecule has 5 nitrogen and oxygen atoms in total. The number of anilines is 2. The van der Waals surface area contributed by atoms with E-state index < -0.39 is 0 Å². The van der Waals surface area contributed by atoms with Gasteiger partial charge in [0.15, 0.2) is 0 Å². The monoisotopic (exact) mass is 221 g/mol. The van der Waals surface area contributed by atoms with Crippen molar-refractivity contribution in [3.8, 4) is 6.07 Å². The highest BCUT2D eigenvalue weighted by Crippen LogP contribution is 2.25. The Hall–Kier alpha value is -1.70. The van der Waals surface area contributed by atoms with Crippen LogP contribution in [0.2, 0.25) is 0 Å². The Kier molecular flexibility index (Phi) is 3.78. The summed E-state index contributed by atoms with van der Waals surface area (Å²) in [5.41, 5.74) is 7.53. The molecule has 0 spiro atoms. The minimum absolute atomic E-state index is 0.0232. The average molecular weight is 221 g/mol. The van der Waals surface area contributed by atoms with Gasteiger partial charge in [0.25, 0.3) is 0 Å². The molecule has 88 valence electrons. The number of nitriles is 1. The van der Waals surface area contributed by atoms with Crippen LogP contribution in [0.15, 0.2) is 0 Å². The van der Waals surface area contributed by atoms with Crippen molar-refractivity contribution in [1.82, 2.24) is 9.78 Å². The van der Waals surface area contributed by atoms with E-state index in [1.165, 1.54) is 0 Å². The Morgan fingerprint density at radius 1 is 1.62 bits per heavy atom. The average Bonchev–Trinajstić information content (AvgIpc) is 2.54. The van der Waals surface area contributed by atoms with Crippen LogP contribution in [0.4, 0.5) is 11.5 Å². The van der Waals surface area contributed by atoms with Crippen LogP contribution in [0, 0.1) is 24.2 Å². The van der Waals surface area contributed by atoms with Gasteiger partial charge in [0, 0.05) is 20.1 Å². The van der Waals surface area contributed by atoms with E-state index >= 15 is 0 Å². The topological polar surface area (TPSA) is 70.9 Å². The standard InChI is InChI=1S/C11H19N5/c1-5-16-11(10(13)9(3)14-16)15(4)7-8(2)6-12/h8H,5,7,13H2,1-4H3. The predicted molar refractivity (Wildman–Crippen MR) is 65.1 cm³/mol. The summed E-state index contributed by atoms with van der Waals surface area (Å²) >= 11 is 0. The molecule has 2 N–H and O–H groups in total. The molecule has 0 aromatic carbocycles. The fourth-order valence-corrected chi connectivity index (χ4v) is 1.74. The molecule has 16 heavy (non-hydrogen) atoms. The Morgan fingerprint density at radius 3 is 2.75 bits per heavy atom. The molecule has 0 saturated heterocycles. The first-order valence-electron chi connectivity index (χ1n) is 5.44. The van der Waals surface area contributed by atoms with Crippen LogP contribution < -0.4 is 10.6 Å². The third-order valence-electron chi connectivity index (χ3n) is 2.58. The number of aromatic nitrogens is 2. The lowest BCUT2D eigenvalue weighted by atomic mass is 10.2. The summed E-state index contributed by atoms with van der Waals surface area (Å²) in [6.45, 7) is 7.25. The van der Waals surface area contributed by atoms with Crippen LogP contribution in [0.25, 0.3) is 0 Å². The van der Waals surface area contributed by atoms with Crippen molar-refractivity contribution in [3.63, 3.8) is 0 Å². The molecule has 0 fully saturated rings. The number of hydrogen-bond donors (Lipinski definition) is 1. The number of aryl methyl sites for hydroxylation is 2. The zero-order chi connectivity index (χ0) is 12.3. The molecular weight excluding hydrogens is 202 g/mol. The van der Waals surface area contributed by atoms with Crippen molar-refractivity contribution in [3.05, 3.63) is 5.69 Å². The van der Waals surface area contributed by atoms with Crippen LogP contribution in [0.3, 0.4) is 0 Å². The smallest absolute Gasteiger partial charge is 0.150 e. The van der Waals surface area contributed by atoms with Gasteiger partial charge in [-0.05, 0) is 20.8 Å². The second-order valence-electron chi connectivity index (χ2n) is 4.05. The van der Waals surface area contributed by atoms with E-state index in [9.17, 15) is 0 Å². The van der Waals surface area contributed by atoms with Crippen LogP contribution in [-0.2, 0) is 6.54 Å². The van der Waals surface area contributed by atoms with Crippen LogP contribution in [0.5, 0.6) is 0 Å². The van der Waals surface area contributed by atoms with E-state index in [1.54, 1.807) is 0 Å². The lowest BCUT2D eigenvalue weighted by Crippen LogP contribution is -2.26. The van der Waals surface area contributed by atoms with E-state index in [2.05, 4.69) is 11.2 Å². The Bertz CT molecular complexity index is 401. The number of hydrogen-bond acceptors (Lipinski definition) is 4.